The predicted octanol–water partition coefficient (Wildman–Crippen LogP) is 3.99. The van der Waals surface area contributed by atoms with Crippen LogP contribution in [0.4, 0.5) is 0 Å². The molecular formula is C21H21BrN4O2S. The van der Waals surface area contributed by atoms with Crippen LogP contribution < -0.4 is 5.32 Å². The maximum absolute atomic E-state index is 12.5. The van der Waals surface area contributed by atoms with Crippen LogP contribution in [-0.4, -0.2) is 38.8 Å². The Labute approximate surface area is 182 Å². The number of Topliss-reactive ketones (excluding diaryl/α,β-unsaturated/α-hetero) is 1. The molecule has 0 saturated carbocycles. The number of nitrogens with one attached hydrogen (secondary N) is 1. The minimum atomic E-state index is -0.0821. The van der Waals surface area contributed by atoms with Gasteiger partial charge in [-0.15, -0.1) is 10.2 Å². The first-order chi connectivity index (χ1) is 13.9. The van der Waals surface area contributed by atoms with Gasteiger partial charge in [-0.1, -0.05) is 52.0 Å². The molecule has 0 atom stereocenters. The Hall–Kier alpha value is -2.45. The van der Waals surface area contributed by atoms with Crippen molar-refractivity contribution >= 4 is 39.4 Å². The lowest BCUT2D eigenvalue weighted by molar-refractivity contribution is -0.118. The third kappa shape index (κ3) is 5.77. The first kappa shape index (κ1) is 21.3. The summed E-state index contributed by atoms with van der Waals surface area (Å²) in [6.45, 7) is 3.98. The smallest absolute Gasteiger partial charge is 0.216 e. The molecule has 0 fully saturated rings. The number of halogens is 1. The van der Waals surface area contributed by atoms with E-state index >= 15 is 0 Å². The van der Waals surface area contributed by atoms with Crippen LogP contribution in [0.15, 0.2) is 58.2 Å². The predicted molar refractivity (Wildman–Crippen MR) is 118 cm³/mol. The topological polar surface area (TPSA) is 76.9 Å². The molecule has 0 spiro atoms. The molecule has 3 rings (SSSR count). The van der Waals surface area contributed by atoms with Crippen molar-refractivity contribution in [2.45, 2.75) is 25.4 Å². The summed E-state index contributed by atoms with van der Waals surface area (Å²) >= 11 is 4.74. The Kier molecular flexibility index (Phi) is 7.22. The fourth-order valence-electron chi connectivity index (χ4n) is 2.78. The molecule has 0 bridgehead atoms. The second-order valence-electron chi connectivity index (χ2n) is 6.52. The van der Waals surface area contributed by atoms with Crippen molar-refractivity contribution in [2.24, 2.45) is 0 Å². The Balaban J connectivity index is 1.81. The highest BCUT2D eigenvalue weighted by molar-refractivity contribution is 9.10. The Bertz CT molecular complexity index is 1020. The molecule has 0 unspecified atom stereocenters. The summed E-state index contributed by atoms with van der Waals surface area (Å²) in [6.07, 6.45) is 0.543. The number of carbonyl (C=O) groups is 2. The van der Waals surface area contributed by atoms with E-state index in [1.54, 1.807) is 12.1 Å². The van der Waals surface area contributed by atoms with E-state index < -0.39 is 0 Å². The first-order valence-corrected chi connectivity index (χ1v) is 10.9. The SMILES string of the molecule is CC(=O)NCCc1nnc(SCC(=O)c2ccc(Br)cc2)n1-c1cccc(C)c1. The van der Waals surface area contributed by atoms with Crippen molar-refractivity contribution in [3.05, 3.63) is 70.0 Å². The molecule has 1 aromatic heterocycles. The lowest BCUT2D eigenvalue weighted by atomic mass is 10.2. The second kappa shape index (κ2) is 9.84. The number of hydrogen-bond acceptors (Lipinski definition) is 5. The highest BCUT2D eigenvalue weighted by Crippen LogP contribution is 2.24. The van der Waals surface area contributed by atoms with Gasteiger partial charge < -0.3 is 5.32 Å². The van der Waals surface area contributed by atoms with Crippen molar-refractivity contribution in [1.29, 1.82) is 0 Å². The number of benzene rings is 2. The maximum Gasteiger partial charge on any atom is 0.216 e. The Morgan fingerprint density at radius 2 is 1.90 bits per heavy atom. The van der Waals surface area contributed by atoms with E-state index in [2.05, 4.69) is 31.4 Å². The normalized spacial score (nSPS) is 10.7. The maximum atomic E-state index is 12.5. The number of ketones is 1. The number of aryl methyl sites for hydroxylation is 1. The molecular weight excluding hydrogens is 452 g/mol. The van der Waals surface area contributed by atoms with Crippen LogP contribution in [0.1, 0.15) is 28.7 Å². The van der Waals surface area contributed by atoms with Gasteiger partial charge in [0.2, 0.25) is 5.91 Å². The summed E-state index contributed by atoms with van der Waals surface area (Å²) in [5.41, 5.74) is 2.71. The van der Waals surface area contributed by atoms with E-state index in [1.807, 2.05) is 47.9 Å². The monoisotopic (exact) mass is 472 g/mol. The van der Waals surface area contributed by atoms with Gasteiger partial charge in [0.05, 0.1) is 5.75 Å². The zero-order chi connectivity index (χ0) is 20.8. The number of carbonyl (C=O) groups excluding carboxylic acids is 2. The average molecular weight is 473 g/mol. The van der Waals surface area contributed by atoms with Gasteiger partial charge in [0.1, 0.15) is 5.82 Å². The van der Waals surface area contributed by atoms with Crippen molar-refractivity contribution < 1.29 is 9.59 Å². The molecule has 0 aliphatic heterocycles. The van der Waals surface area contributed by atoms with Crippen LogP contribution in [0.25, 0.3) is 5.69 Å². The minimum absolute atomic E-state index is 0.0288. The van der Waals surface area contributed by atoms with Gasteiger partial charge in [0.15, 0.2) is 10.9 Å². The van der Waals surface area contributed by atoms with Crippen molar-refractivity contribution in [3.63, 3.8) is 0 Å². The van der Waals surface area contributed by atoms with E-state index in [9.17, 15) is 9.59 Å². The lowest BCUT2D eigenvalue weighted by Crippen LogP contribution is -2.23. The number of amides is 1. The molecule has 1 heterocycles. The molecule has 150 valence electrons. The fraction of sp³-hybridized carbons (Fsp3) is 0.238. The molecule has 8 heteroatoms. The lowest BCUT2D eigenvalue weighted by Gasteiger charge is -2.11. The zero-order valence-corrected chi connectivity index (χ0v) is 18.6. The van der Waals surface area contributed by atoms with E-state index in [0.29, 0.717) is 23.7 Å². The Morgan fingerprint density at radius 1 is 1.14 bits per heavy atom. The second-order valence-corrected chi connectivity index (χ2v) is 8.38. The van der Waals surface area contributed by atoms with Gasteiger partial charge in [0, 0.05) is 35.6 Å². The quantitative estimate of drug-likeness (QED) is 0.396. The van der Waals surface area contributed by atoms with Crippen LogP contribution in [0.3, 0.4) is 0 Å². The van der Waals surface area contributed by atoms with E-state index in [0.717, 1.165) is 21.5 Å². The standard InChI is InChI=1S/C21H21BrN4O2S/c1-14-4-3-5-18(12-14)26-20(10-11-23-15(2)27)24-25-21(26)29-13-19(28)16-6-8-17(22)9-7-16/h3-9,12H,10-11,13H2,1-2H3,(H,23,27). The molecule has 2 aromatic carbocycles. The summed E-state index contributed by atoms with van der Waals surface area (Å²) in [6, 6.07) is 15.3. The van der Waals surface area contributed by atoms with Crippen LogP contribution in [0.2, 0.25) is 0 Å². The largest absolute Gasteiger partial charge is 0.356 e. The third-order valence-corrected chi connectivity index (χ3v) is 5.64. The van der Waals surface area contributed by atoms with Gasteiger partial charge in [-0.3, -0.25) is 14.2 Å². The third-order valence-electron chi connectivity index (χ3n) is 4.18. The molecule has 1 amide bonds. The van der Waals surface area contributed by atoms with Gasteiger partial charge in [0.25, 0.3) is 0 Å². The van der Waals surface area contributed by atoms with E-state index in [1.165, 1.54) is 18.7 Å². The summed E-state index contributed by atoms with van der Waals surface area (Å²) in [4.78, 5) is 23.7. The number of nitrogens with zero attached hydrogens (tertiary/aromatic N) is 3. The number of aromatic nitrogens is 3. The van der Waals surface area contributed by atoms with E-state index in [-0.39, 0.29) is 17.4 Å². The van der Waals surface area contributed by atoms with Crippen LogP contribution in [0.5, 0.6) is 0 Å². The first-order valence-electron chi connectivity index (χ1n) is 9.11. The van der Waals surface area contributed by atoms with Crippen molar-refractivity contribution in [1.82, 2.24) is 20.1 Å². The number of rotatable bonds is 8. The molecule has 0 aliphatic carbocycles. The van der Waals surface area contributed by atoms with Crippen LogP contribution in [-0.2, 0) is 11.2 Å². The molecule has 29 heavy (non-hydrogen) atoms. The van der Waals surface area contributed by atoms with Gasteiger partial charge >= 0.3 is 0 Å². The zero-order valence-electron chi connectivity index (χ0n) is 16.2. The molecule has 1 N–H and O–H groups in total. The molecule has 0 radical (unpaired) electrons. The highest BCUT2D eigenvalue weighted by atomic mass is 79.9. The summed E-state index contributed by atoms with van der Waals surface area (Å²) in [5, 5.41) is 12.0. The molecule has 0 saturated heterocycles. The summed E-state index contributed by atoms with van der Waals surface area (Å²) < 4.78 is 2.89. The Morgan fingerprint density at radius 3 is 2.59 bits per heavy atom. The average Bonchev–Trinajstić information content (AvgIpc) is 3.09. The highest BCUT2D eigenvalue weighted by Gasteiger charge is 2.16. The van der Waals surface area contributed by atoms with Gasteiger partial charge in [-0.05, 0) is 36.8 Å². The van der Waals surface area contributed by atoms with Gasteiger partial charge in [-0.25, -0.2) is 0 Å². The molecule has 6 nitrogen and oxygen atoms in total. The fourth-order valence-corrected chi connectivity index (χ4v) is 3.91. The minimum Gasteiger partial charge on any atom is -0.356 e. The number of hydrogen-bond donors (Lipinski definition) is 1. The number of thioether (sulfide) groups is 1. The molecule has 3 aromatic rings. The van der Waals surface area contributed by atoms with Crippen molar-refractivity contribution in [2.75, 3.05) is 12.3 Å². The van der Waals surface area contributed by atoms with Crippen LogP contribution in [0, 0.1) is 6.92 Å². The summed E-state index contributed by atoms with van der Waals surface area (Å²) in [7, 11) is 0. The van der Waals surface area contributed by atoms with Crippen LogP contribution >= 0.6 is 27.7 Å². The van der Waals surface area contributed by atoms with Crippen molar-refractivity contribution in [3.8, 4) is 5.69 Å². The molecule has 0 aliphatic rings. The summed E-state index contributed by atoms with van der Waals surface area (Å²) in [5.74, 6) is 0.947. The van der Waals surface area contributed by atoms with Gasteiger partial charge in [-0.2, -0.15) is 0 Å². The van der Waals surface area contributed by atoms with E-state index in [4.69, 9.17) is 0 Å².